The van der Waals surface area contributed by atoms with Crippen LogP contribution >= 0.6 is 24.4 Å². The highest BCUT2D eigenvalue weighted by atomic mass is 32.1. The number of pyridine rings is 1. The van der Waals surface area contributed by atoms with Gasteiger partial charge in [0.05, 0.1) is 13.2 Å². The minimum absolute atomic E-state index is 0.229. The number of carbonyl (C=O) groups excluding carboxylic acids is 2. The number of hydrazine groups is 2. The Morgan fingerprint density at radius 3 is 1.40 bits per heavy atom. The zero-order valence-corrected chi connectivity index (χ0v) is 23.0. The van der Waals surface area contributed by atoms with Crippen LogP contribution in [0.4, 0.5) is 0 Å². The van der Waals surface area contributed by atoms with Crippen molar-refractivity contribution in [1.82, 2.24) is 37.3 Å². The lowest BCUT2D eigenvalue weighted by Crippen LogP contribution is -2.64. The summed E-state index contributed by atoms with van der Waals surface area (Å²) in [6.07, 6.45) is -14.7. The Labute approximate surface area is 247 Å². The van der Waals surface area contributed by atoms with Crippen molar-refractivity contribution >= 4 is 46.5 Å². The van der Waals surface area contributed by atoms with Crippen molar-refractivity contribution in [1.29, 1.82) is 0 Å². The van der Waals surface area contributed by atoms with Gasteiger partial charge in [-0.1, -0.05) is 6.07 Å². The van der Waals surface area contributed by atoms with E-state index in [9.17, 15) is 50.4 Å². The van der Waals surface area contributed by atoms with E-state index in [1.54, 1.807) is 0 Å². The highest BCUT2D eigenvalue weighted by molar-refractivity contribution is 7.80. The molecule has 0 radical (unpaired) electrons. The maximum absolute atomic E-state index is 12.5. The fourth-order valence-corrected chi connectivity index (χ4v) is 4.15. The van der Waals surface area contributed by atoms with Crippen molar-refractivity contribution in [3.63, 3.8) is 0 Å². The fourth-order valence-electron chi connectivity index (χ4n) is 3.81. The number of hydrogen-bond acceptors (Lipinski definition) is 15. The molecular weight excluding hydrogens is 606 g/mol. The Balaban J connectivity index is 1.48. The highest BCUT2D eigenvalue weighted by Gasteiger charge is 2.44. The third-order valence-corrected chi connectivity index (χ3v) is 6.56. The minimum Gasteiger partial charge on any atom is -0.394 e. The summed E-state index contributed by atoms with van der Waals surface area (Å²) in [5.41, 5.74) is 8.58. The average molecular weight is 638 g/mol. The molecule has 19 nitrogen and oxygen atoms in total. The van der Waals surface area contributed by atoms with E-state index < -0.39 is 86.3 Å². The second kappa shape index (κ2) is 15.0. The summed E-state index contributed by atoms with van der Waals surface area (Å²) >= 11 is 10.0. The van der Waals surface area contributed by atoms with Gasteiger partial charge in [0.2, 0.25) is 0 Å². The van der Waals surface area contributed by atoms with Gasteiger partial charge in [0.1, 0.15) is 60.2 Å². The molecule has 21 heteroatoms. The van der Waals surface area contributed by atoms with E-state index in [2.05, 4.69) is 37.3 Å². The third kappa shape index (κ3) is 8.12. The van der Waals surface area contributed by atoms with Crippen molar-refractivity contribution < 1.29 is 59.9 Å². The molecule has 10 atom stereocenters. The van der Waals surface area contributed by atoms with Crippen LogP contribution in [0, 0.1) is 0 Å². The molecule has 14 N–H and O–H groups in total. The molecule has 2 fully saturated rings. The van der Waals surface area contributed by atoms with E-state index in [0.29, 0.717) is 0 Å². The van der Waals surface area contributed by atoms with Gasteiger partial charge in [0, 0.05) is 0 Å². The molecule has 234 valence electrons. The van der Waals surface area contributed by atoms with Gasteiger partial charge in [-0.2, -0.15) is 0 Å². The monoisotopic (exact) mass is 637 g/mol. The number of rotatable bonds is 6. The number of aliphatic hydroxyl groups is 8. The van der Waals surface area contributed by atoms with Crippen molar-refractivity contribution in [2.75, 3.05) is 13.2 Å². The zero-order chi connectivity index (χ0) is 31.1. The topological polar surface area (TPSA) is 300 Å². The first kappa shape index (κ1) is 33.6. The Morgan fingerprint density at radius 1 is 0.667 bits per heavy atom. The number of nitrogens with zero attached hydrogens (tertiary/aromatic N) is 1. The lowest BCUT2D eigenvalue weighted by molar-refractivity contribution is -0.232. The maximum atomic E-state index is 12.5. The van der Waals surface area contributed by atoms with E-state index in [-0.39, 0.29) is 21.6 Å². The van der Waals surface area contributed by atoms with E-state index in [1.807, 2.05) is 0 Å². The molecular formula is C21H31N7O12S2. The van der Waals surface area contributed by atoms with Crippen molar-refractivity contribution in [3.8, 4) is 0 Å². The summed E-state index contributed by atoms with van der Waals surface area (Å²) in [5.74, 6) is -1.68. The van der Waals surface area contributed by atoms with Crippen LogP contribution in [0.5, 0.6) is 0 Å². The summed E-state index contributed by atoms with van der Waals surface area (Å²) in [4.78, 5) is 28.9. The Hall–Kier alpha value is -2.93. The summed E-state index contributed by atoms with van der Waals surface area (Å²) in [5, 5.41) is 82.4. The van der Waals surface area contributed by atoms with Crippen molar-refractivity contribution in [2.45, 2.75) is 61.3 Å². The largest absolute Gasteiger partial charge is 0.394 e. The van der Waals surface area contributed by atoms with Crippen LogP contribution in [0.25, 0.3) is 0 Å². The van der Waals surface area contributed by atoms with Gasteiger partial charge in [-0.25, -0.2) is 4.98 Å². The van der Waals surface area contributed by atoms with Gasteiger partial charge in [0.15, 0.2) is 22.7 Å². The van der Waals surface area contributed by atoms with Gasteiger partial charge >= 0.3 is 0 Å². The van der Waals surface area contributed by atoms with Gasteiger partial charge in [-0.05, 0) is 36.6 Å². The zero-order valence-electron chi connectivity index (χ0n) is 21.4. The molecule has 1 aromatic heterocycles. The molecule has 0 spiro atoms. The summed E-state index contributed by atoms with van der Waals surface area (Å²) in [6.45, 7) is -1.29. The molecule has 0 saturated carbocycles. The second-order valence-electron chi connectivity index (χ2n) is 9.01. The normalized spacial score (nSPS) is 32.7. The number of nitrogens with one attached hydrogen (secondary N) is 6. The number of carbonyl (C=O) groups is 2. The molecule has 2 aliphatic heterocycles. The summed E-state index contributed by atoms with van der Waals surface area (Å²) in [7, 11) is 0. The van der Waals surface area contributed by atoms with Crippen LogP contribution in [-0.2, 0) is 9.47 Å². The highest BCUT2D eigenvalue weighted by Crippen LogP contribution is 2.20. The number of hydrogen-bond donors (Lipinski definition) is 14. The number of ether oxygens (including phenoxy) is 2. The predicted molar refractivity (Wildman–Crippen MR) is 144 cm³/mol. The molecule has 2 saturated heterocycles. The Bertz CT molecular complexity index is 1050. The quantitative estimate of drug-likeness (QED) is 0.102. The second-order valence-corrected chi connectivity index (χ2v) is 9.83. The molecule has 0 aromatic carbocycles. The molecule has 3 rings (SSSR count). The van der Waals surface area contributed by atoms with Gasteiger partial charge in [0.25, 0.3) is 11.8 Å². The fraction of sp³-hybridized carbons (Fsp3) is 0.571. The van der Waals surface area contributed by atoms with Crippen LogP contribution in [0.1, 0.15) is 21.0 Å². The van der Waals surface area contributed by atoms with Gasteiger partial charge in [-0.3, -0.25) is 31.3 Å². The molecule has 2 aliphatic rings. The number of amides is 2. The summed E-state index contributed by atoms with van der Waals surface area (Å²) in [6, 6.07) is 3.91. The lowest BCUT2D eigenvalue weighted by atomic mass is 9.98. The van der Waals surface area contributed by atoms with Crippen LogP contribution in [0.15, 0.2) is 18.2 Å². The van der Waals surface area contributed by atoms with Crippen LogP contribution in [0.3, 0.4) is 0 Å². The van der Waals surface area contributed by atoms with E-state index in [0.717, 1.165) is 0 Å². The predicted octanol–water partition coefficient (Wildman–Crippen LogP) is -7.10. The Morgan fingerprint density at radius 2 is 1.05 bits per heavy atom. The smallest absolute Gasteiger partial charge is 0.288 e. The standard InChI is InChI=1S/C21H31N7O12S2/c29-4-8-10(31)12(33)14(35)18(39-8)23-20(41)27-25-16(37)6-2-1-3-7(22-6)17(38)26-28-21(42)24-19-15(36)13(34)11(32)9(5-30)40-19/h1-3,8-15,18-19,29-36H,4-5H2,(H,25,37)(H,26,38)(H2,23,27,41)(H2,24,28,42)/t8-,9-,10+,11+,12-,13+,14+,15+,18-,19-/m1/s1. The maximum Gasteiger partial charge on any atom is 0.288 e. The molecule has 1 aromatic rings. The number of aliphatic hydroxyl groups excluding tert-OH is 8. The van der Waals surface area contributed by atoms with Gasteiger partial charge < -0.3 is 61.0 Å². The third-order valence-electron chi connectivity index (χ3n) is 6.12. The SMILES string of the molecule is O=C(NNC(=S)N[C@@H]1O[C@H](CO)[C@H](O)[C@@H](O)[C@@H]1O)c1cccc(C(=O)NNC(=S)N[C@@H]2O[C@H](CO)[C@H](O)[C@H](O)[C@@H]2O)n1. The molecule has 2 amide bonds. The van der Waals surface area contributed by atoms with E-state index in [1.165, 1.54) is 18.2 Å². The Kier molecular flexibility index (Phi) is 12.0. The van der Waals surface area contributed by atoms with Crippen LogP contribution < -0.4 is 32.3 Å². The van der Waals surface area contributed by atoms with Crippen LogP contribution in [0.2, 0.25) is 0 Å². The van der Waals surface area contributed by atoms with Crippen LogP contribution in [-0.4, -0.2) is 142 Å². The average Bonchev–Trinajstić information content (AvgIpc) is 2.99. The molecule has 3 heterocycles. The van der Waals surface area contributed by atoms with Crippen molar-refractivity contribution in [2.24, 2.45) is 0 Å². The molecule has 42 heavy (non-hydrogen) atoms. The number of aromatic nitrogens is 1. The first-order chi connectivity index (χ1) is 19.9. The molecule has 0 bridgehead atoms. The first-order valence-corrected chi connectivity index (χ1v) is 13.0. The lowest BCUT2D eigenvalue weighted by Gasteiger charge is -2.40. The minimum atomic E-state index is -1.64. The number of thiocarbonyl (C=S) groups is 2. The van der Waals surface area contributed by atoms with E-state index >= 15 is 0 Å². The molecule has 0 aliphatic carbocycles. The van der Waals surface area contributed by atoms with Gasteiger partial charge in [-0.15, -0.1) is 0 Å². The van der Waals surface area contributed by atoms with E-state index in [4.69, 9.17) is 33.9 Å². The first-order valence-electron chi connectivity index (χ1n) is 12.2. The van der Waals surface area contributed by atoms with Crippen molar-refractivity contribution in [3.05, 3.63) is 29.6 Å². The summed E-state index contributed by atoms with van der Waals surface area (Å²) < 4.78 is 10.5. The molecule has 0 unspecified atom stereocenters.